The first kappa shape index (κ1) is 16.6. The minimum Gasteiger partial charge on any atom is -0.289 e. The van der Waals surface area contributed by atoms with E-state index in [9.17, 15) is 25.0 Å². The number of benzene rings is 2. The number of hydrogen-bond acceptors (Lipinski definition) is 5. The Morgan fingerprint density at radius 2 is 1.56 bits per heavy atom. The third kappa shape index (κ3) is 2.61. The Bertz CT molecular complexity index is 1000. The minimum atomic E-state index is -1.32. The number of fused-ring (bicyclic) bond motifs is 1. The third-order valence-electron chi connectivity index (χ3n) is 3.96. The lowest BCUT2D eigenvalue weighted by molar-refractivity contribution is -0.385. The van der Waals surface area contributed by atoms with Crippen LogP contribution >= 0.6 is 11.6 Å². The van der Waals surface area contributed by atoms with Crippen molar-refractivity contribution in [2.75, 3.05) is 0 Å². The molecule has 1 aliphatic carbocycles. The Balaban J connectivity index is 2.23. The summed E-state index contributed by atoms with van der Waals surface area (Å²) >= 11 is 6.10. The van der Waals surface area contributed by atoms with Crippen molar-refractivity contribution in [2.24, 2.45) is 0 Å². The summed E-state index contributed by atoms with van der Waals surface area (Å²) in [6.07, 6.45) is 0. The largest absolute Gasteiger partial charge is 0.289 e. The second-order valence-electron chi connectivity index (χ2n) is 5.31. The fourth-order valence-corrected chi connectivity index (χ4v) is 3.11. The van der Waals surface area contributed by atoms with Crippen molar-refractivity contribution in [3.63, 3.8) is 0 Å². The summed E-state index contributed by atoms with van der Waals surface area (Å²) < 4.78 is 0. The number of carbonyl (C=O) groups excluding carboxylic acids is 2. The first-order valence-corrected chi connectivity index (χ1v) is 7.56. The molecule has 0 aliphatic heterocycles. The van der Waals surface area contributed by atoms with E-state index in [1.54, 1.807) is 12.1 Å². The van der Waals surface area contributed by atoms with Crippen LogP contribution < -0.4 is 0 Å². The summed E-state index contributed by atoms with van der Waals surface area (Å²) in [7, 11) is 0. The number of hydrogen-bond donors (Lipinski definition) is 0. The van der Waals surface area contributed by atoms with E-state index >= 15 is 0 Å². The number of Topliss-reactive ketones (excluding diaryl/α,β-unsaturated/α-hetero) is 2. The molecule has 0 N–H and O–H groups in total. The molecule has 122 valence electrons. The zero-order valence-electron chi connectivity index (χ0n) is 12.6. The predicted molar refractivity (Wildman–Crippen MR) is 89.4 cm³/mol. The molecule has 1 aliphatic rings. The van der Waals surface area contributed by atoms with Crippen LogP contribution in [0, 0.1) is 21.4 Å². The van der Waals surface area contributed by atoms with Crippen molar-refractivity contribution in [3.05, 3.63) is 85.9 Å². The smallest absolute Gasteiger partial charge is 0.274 e. The van der Waals surface area contributed by atoms with Crippen LogP contribution in [-0.4, -0.2) is 16.5 Å². The first-order chi connectivity index (χ1) is 12.0. The molecule has 0 amide bonds. The van der Waals surface area contributed by atoms with Gasteiger partial charge in [-0.05, 0) is 0 Å². The van der Waals surface area contributed by atoms with Crippen molar-refractivity contribution in [3.8, 4) is 6.07 Å². The van der Waals surface area contributed by atoms with Crippen LogP contribution in [-0.2, 0) is 0 Å². The maximum Gasteiger partial charge on any atom is 0.274 e. The Labute approximate surface area is 147 Å². The first-order valence-electron chi connectivity index (χ1n) is 7.18. The molecule has 6 nitrogen and oxygen atoms in total. The van der Waals surface area contributed by atoms with Crippen LogP contribution in [0.4, 0.5) is 5.69 Å². The SMILES string of the molecule is N#CC(C1=C(Cl)C(=O)c2ccccc2C1=O)c1ccccc1[N+](=O)[O-]. The lowest BCUT2D eigenvalue weighted by Gasteiger charge is -2.21. The van der Waals surface area contributed by atoms with Gasteiger partial charge in [0, 0.05) is 22.8 Å². The van der Waals surface area contributed by atoms with Crippen LogP contribution in [0.25, 0.3) is 0 Å². The normalized spacial score (nSPS) is 14.7. The molecular formula is C18H9ClN2O4. The highest BCUT2D eigenvalue weighted by Gasteiger charge is 2.38. The van der Waals surface area contributed by atoms with Gasteiger partial charge in [-0.15, -0.1) is 0 Å². The number of nitriles is 1. The van der Waals surface area contributed by atoms with Crippen LogP contribution in [0.2, 0.25) is 0 Å². The number of nitro groups is 1. The number of carbonyl (C=O) groups is 2. The van der Waals surface area contributed by atoms with Gasteiger partial charge in [0.05, 0.1) is 21.6 Å². The molecule has 0 bridgehead atoms. The molecule has 0 saturated heterocycles. The molecule has 1 unspecified atom stereocenters. The van der Waals surface area contributed by atoms with Crippen LogP contribution in [0.3, 0.4) is 0 Å². The summed E-state index contributed by atoms with van der Waals surface area (Å²) in [6.45, 7) is 0. The number of nitrogens with zero attached hydrogens (tertiary/aromatic N) is 2. The molecule has 2 aromatic rings. The molecule has 1 atom stereocenters. The molecule has 0 fully saturated rings. The number of rotatable bonds is 3. The average Bonchev–Trinajstić information content (AvgIpc) is 2.63. The van der Waals surface area contributed by atoms with E-state index in [4.69, 9.17) is 11.6 Å². The summed E-state index contributed by atoms with van der Waals surface area (Å²) in [4.78, 5) is 35.9. The Kier molecular flexibility index (Phi) is 4.17. The van der Waals surface area contributed by atoms with Crippen LogP contribution in [0.5, 0.6) is 0 Å². The maximum atomic E-state index is 12.8. The Morgan fingerprint density at radius 3 is 2.16 bits per heavy atom. The number of ketones is 2. The van der Waals surface area contributed by atoms with Gasteiger partial charge in [-0.1, -0.05) is 54.1 Å². The third-order valence-corrected chi connectivity index (χ3v) is 4.33. The highest BCUT2D eigenvalue weighted by atomic mass is 35.5. The molecular weight excluding hydrogens is 344 g/mol. The monoisotopic (exact) mass is 352 g/mol. The zero-order valence-corrected chi connectivity index (χ0v) is 13.4. The van der Waals surface area contributed by atoms with Gasteiger partial charge < -0.3 is 0 Å². The lowest BCUT2D eigenvalue weighted by atomic mass is 9.80. The summed E-state index contributed by atoms with van der Waals surface area (Å²) in [5.41, 5.74) is -0.248. The van der Waals surface area contributed by atoms with E-state index in [2.05, 4.69) is 0 Å². The molecule has 3 rings (SSSR count). The van der Waals surface area contributed by atoms with Gasteiger partial charge in [-0.2, -0.15) is 5.26 Å². The summed E-state index contributed by atoms with van der Waals surface area (Å²) in [5, 5.41) is 20.4. The van der Waals surface area contributed by atoms with Gasteiger partial charge >= 0.3 is 0 Å². The highest BCUT2D eigenvalue weighted by Crippen LogP contribution is 2.39. The minimum absolute atomic E-state index is 0.0173. The Morgan fingerprint density at radius 1 is 1.00 bits per heavy atom. The van der Waals surface area contributed by atoms with Crippen molar-refractivity contribution >= 4 is 28.9 Å². The molecule has 2 aromatic carbocycles. The zero-order chi connectivity index (χ0) is 18.1. The van der Waals surface area contributed by atoms with E-state index in [1.165, 1.54) is 36.4 Å². The van der Waals surface area contributed by atoms with Crippen LogP contribution in [0.15, 0.2) is 59.1 Å². The van der Waals surface area contributed by atoms with Gasteiger partial charge in [0.15, 0.2) is 5.78 Å². The standard InChI is InChI=1S/C18H9ClN2O4/c19-16-15(17(22)11-6-1-2-7-12(11)18(16)23)13(9-20)10-5-3-4-8-14(10)21(24)25/h1-8,13H. The quantitative estimate of drug-likeness (QED) is 0.618. The van der Waals surface area contributed by atoms with E-state index in [0.717, 1.165) is 0 Å². The maximum absolute atomic E-state index is 12.8. The summed E-state index contributed by atoms with van der Waals surface area (Å²) in [6, 6.07) is 13.6. The van der Waals surface area contributed by atoms with Gasteiger partial charge in [0.1, 0.15) is 5.92 Å². The van der Waals surface area contributed by atoms with Crippen molar-refractivity contribution in [2.45, 2.75) is 5.92 Å². The highest BCUT2D eigenvalue weighted by molar-refractivity contribution is 6.50. The molecule has 0 radical (unpaired) electrons. The Hall–Kier alpha value is -3.30. The average molecular weight is 353 g/mol. The van der Waals surface area contributed by atoms with Crippen molar-refractivity contribution in [1.82, 2.24) is 0 Å². The van der Waals surface area contributed by atoms with Gasteiger partial charge in [-0.3, -0.25) is 19.7 Å². The number of halogens is 1. The number of para-hydroxylation sites is 1. The number of nitro benzene ring substituents is 1. The number of allylic oxidation sites excluding steroid dienone is 2. The molecule has 0 aromatic heterocycles. The van der Waals surface area contributed by atoms with Crippen molar-refractivity contribution in [1.29, 1.82) is 5.26 Å². The molecule has 0 saturated carbocycles. The topological polar surface area (TPSA) is 101 Å². The van der Waals surface area contributed by atoms with Gasteiger partial charge in [0.2, 0.25) is 5.78 Å². The summed E-state index contributed by atoms with van der Waals surface area (Å²) in [5.74, 6) is -2.48. The van der Waals surface area contributed by atoms with Crippen molar-refractivity contribution < 1.29 is 14.5 Å². The van der Waals surface area contributed by atoms with E-state index in [1.807, 2.05) is 6.07 Å². The fraction of sp³-hybridized carbons (Fsp3) is 0.0556. The molecule has 7 heteroatoms. The predicted octanol–water partition coefficient (Wildman–Crippen LogP) is 3.77. The second-order valence-corrected chi connectivity index (χ2v) is 5.69. The molecule has 25 heavy (non-hydrogen) atoms. The fourth-order valence-electron chi connectivity index (χ4n) is 2.81. The van der Waals surface area contributed by atoms with Gasteiger partial charge in [-0.25, -0.2) is 0 Å². The molecule has 0 heterocycles. The molecule has 0 spiro atoms. The van der Waals surface area contributed by atoms with E-state index in [0.29, 0.717) is 0 Å². The second kappa shape index (κ2) is 6.30. The van der Waals surface area contributed by atoms with E-state index in [-0.39, 0.29) is 33.0 Å². The lowest BCUT2D eigenvalue weighted by Crippen LogP contribution is -2.23. The van der Waals surface area contributed by atoms with Crippen LogP contribution in [0.1, 0.15) is 32.2 Å². The van der Waals surface area contributed by atoms with E-state index < -0.39 is 22.4 Å². The van der Waals surface area contributed by atoms with Gasteiger partial charge in [0.25, 0.3) is 5.69 Å².